The first-order valence-electron chi connectivity index (χ1n) is 6.17. The molecule has 3 rings (SSSR count). The first-order chi connectivity index (χ1) is 9.58. The molecule has 102 valence electrons. The standard InChI is InChI=1S/C15H13ClN2OS/c1-8-6-13(20-9(8)2)15-17-12-7-10(19-3)4-5-11(12)14(16)18-15/h4-7H,1-3H3. The lowest BCUT2D eigenvalue weighted by atomic mass is 10.2. The van der Waals surface area contributed by atoms with Crippen molar-refractivity contribution in [2.75, 3.05) is 7.11 Å². The lowest BCUT2D eigenvalue weighted by Crippen LogP contribution is -1.91. The predicted octanol–water partition coefficient (Wildman–Crippen LogP) is 4.64. The third-order valence-electron chi connectivity index (χ3n) is 3.24. The van der Waals surface area contributed by atoms with Crippen molar-refractivity contribution >= 4 is 33.8 Å². The van der Waals surface area contributed by atoms with Crippen LogP contribution in [0.25, 0.3) is 21.6 Å². The van der Waals surface area contributed by atoms with E-state index in [1.807, 2.05) is 18.2 Å². The summed E-state index contributed by atoms with van der Waals surface area (Å²) in [5.74, 6) is 1.42. The summed E-state index contributed by atoms with van der Waals surface area (Å²) in [5, 5.41) is 1.30. The van der Waals surface area contributed by atoms with Crippen molar-refractivity contribution in [3.63, 3.8) is 0 Å². The van der Waals surface area contributed by atoms with Gasteiger partial charge < -0.3 is 4.74 Å². The first kappa shape index (κ1) is 13.3. The summed E-state index contributed by atoms with van der Waals surface area (Å²) >= 11 is 7.95. The fourth-order valence-corrected chi connectivity index (χ4v) is 3.20. The van der Waals surface area contributed by atoms with E-state index in [4.69, 9.17) is 16.3 Å². The van der Waals surface area contributed by atoms with Gasteiger partial charge in [0, 0.05) is 16.3 Å². The van der Waals surface area contributed by atoms with E-state index in [0.717, 1.165) is 21.5 Å². The molecule has 2 aromatic heterocycles. The van der Waals surface area contributed by atoms with Crippen molar-refractivity contribution in [2.45, 2.75) is 13.8 Å². The van der Waals surface area contributed by atoms with Crippen LogP contribution in [-0.4, -0.2) is 17.1 Å². The van der Waals surface area contributed by atoms with Crippen LogP contribution in [0, 0.1) is 13.8 Å². The molecular weight excluding hydrogens is 292 g/mol. The second-order valence-electron chi connectivity index (χ2n) is 4.57. The van der Waals surface area contributed by atoms with E-state index in [1.165, 1.54) is 10.4 Å². The monoisotopic (exact) mass is 304 g/mol. The molecule has 0 radical (unpaired) electrons. The third-order valence-corrected chi connectivity index (χ3v) is 4.68. The van der Waals surface area contributed by atoms with E-state index < -0.39 is 0 Å². The largest absolute Gasteiger partial charge is 0.497 e. The molecule has 0 unspecified atom stereocenters. The van der Waals surface area contributed by atoms with E-state index in [0.29, 0.717) is 11.0 Å². The molecule has 5 heteroatoms. The quantitative estimate of drug-likeness (QED) is 0.647. The Balaban J connectivity index is 2.21. The van der Waals surface area contributed by atoms with Crippen molar-refractivity contribution < 1.29 is 4.74 Å². The Kier molecular flexibility index (Phi) is 3.36. The van der Waals surface area contributed by atoms with Gasteiger partial charge in [-0.2, -0.15) is 0 Å². The molecule has 3 aromatic rings. The molecule has 0 bridgehead atoms. The summed E-state index contributed by atoms with van der Waals surface area (Å²) in [5.41, 5.74) is 2.04. The Bertz CT molecular complexity index is 778. The predicted molar refractivity (Wildman–Crippen MR) is 83.9 cm³/mol. The molecule has 0 saturated carbocycles. The van der Waals surface area contributed by atoms with Crippen LogP contribution in [0.3, 0.4) is 0 Å². The van der Waals surface area contributed by atoms with Crippen molar-refractivity contribution in [1.82, 2.24) is 9.97 Å². The minimum Gasteiger partial charge on any atom is -0.497 e. The van der Waals surface area contributed by atoms with Crippen molar-refractivity contribution in [1.29, 1.82) is 0 Å². The second kappa shape index (κ2) is 5.04. The fourth-order valence-electron chi connectivity index (χ4n) is 1.99. The highest BCUT2D eigenvalue weighted by atomic mass is 35.5. The summed E-state index contributed by atoms with van der Waals surface area (Å²) in [6.45, 7) is 4.18. The molecule has 0 aliphatic heterocycles. The van der Waals surface area contributed by atoms with Crippen LogP contribution in [0.15, 0.2) is 24.3 Å². The highest BCUT2D eigenvalue weighted by Gasteiger charge is 2.11. The van der Waals surface area contributed by atoms with Gasteiger partial charge in [0.15, 0.2) is 5.82 Å². The lowest BCUT2D eigenvalue weighted by Gasteiger charge is -2.05. The molecule has 0 atom stereocenters. The topological polar surface area (TPSA) is 35.0 Å². The zero-order valence-corrected chi connectivity index (χ0v) is 13.0. The van der Waals surface area contributed by atoms with Crippen molar-refractivity contribution in [3.05, 3.63) is 39.9 Å². The van der Waals surface area contributed by atoms with Gasteiger partial charge in [-0.25, -0.2) is 9.97 Å². The van der Waals surface area contributed by atoms with Gasteiger partial charge in [-0.05, 0) is 37.6 Å². The molecule has 0 N–H and O–H groups in total. The number of hydrogen-bond donors (Lipinski definition) is 0. The molecule has 3 nitrogen and oxygen atoms in total. The van der Waals surface area contributed by atoms with Crippen LogP contribution < -0.4 is 4.74 Å². The van der Waals surface area contributed by atoms with Gasteiger partial charge >= 0.3 is 0 Å². The molecule has 2 heterocycles. The SMILES string of the molecule is COc1ccc2c(Cl)nc(-c3cc(C)c(C)s3)nc2c1. The fraction of sp³-hybridized carbons (Fsp3) is 0.200. The zero-order valence-electron chi connectivity index (χ0n) is 11.4. The zero-order chi connectivity index (χ0) is 14.3. The van der Waals surface area contributed by atoms with E-state index >= 15 is 0 Å². The van der Waals surface area contributed by atoms with Gasteiger partial charge in [-0.3, -0.25) is 0 Å². The van der Waals surface area contributed by atoms with Crippen LogP contribution >= 0.6 is 22.9 Å². The molecule has 20 heavy (non-hydrogen) atoms. The Morgan fingerprint density at radius 2 is 1.95 bits per heavy atom. The minimum absolute atomic E-state index is 0.469. The van der Waals surface area contributed by atoms with Gasteiger partial charge in [-0.1, -0.05) is 11.6 Å². The summed E-state index contributed by atoms with van der Waals surface area (Å²) in [6, 6.07) is 7.71. The number of aromatic nitrogens is 2. The Labute approximate surface area is 126 Å². The number of nitrogens with zero attached hydrogens (tertiary/aromatic N) is 2. The van der Waals surface area contributed by atoms with E-state index in [2.05, 4.69) is 29.9 Å². The van der Waals surface area contributed by atoms with E-state index in [1.54, 1.807) is 18.4 Å². The highest BCUT2D eigenvalue weighted by Crippen LogP contribution is 2.32. The Morgan fingerprint density at radius 1 is 1.15 bits per heavy atom. The van der Waals surface area contributed by atoms with Crippen LogP contribution in [-0.2, 0) is 0 Å². The van der Waals surface area contributed by atoms with Gasteiger partial charge in [0.25, 0.3) is 0 Å². The highest BCUT2D eigenvalue weighted by molar-refractivity contribution is 7.15. The maximum absolute atomic E-state index is 6.27. The molecule has 0 aliphatic rings. The minimum atomic E-state index is 0.469. The molecule has 0 aliphatic carbocycles. The second-order valence-corrected chi connectivity index (χ2v) is 6.19. The third kappa shape index (κ3) is 2.25. The van der Waals surface area contributed by atoms with E-state index in [-0.39, 0.29) is 0 Å². The number of hydrogen-bond acceptors (Lipinski definition) is 4. The number of fused-ring (bicyclic) bond motifs is 1. The summed E-state index contributed by atoms with van der Waals surface area (Å²) < 4.78 is 5.23. The van der Waals surface area contributed by atoms with Crippen molar-refractivity contribution in [2.24, 2.45) is 0 Å². The number of aryl methyl sites for hydroxylation is 2. The molecule has 0 amide bonds. The number of thiophene rings is 1. The summed E-state index contributed by atoms with van der Waals surface area (Å²) in [7, 11) is 1.64. The Hall–Kier alpha value is -1.65. The van der Waals surface area contributed by atoms with Gasteiger partial charge in [0.1, 0.15) is 10.9 Å². The van der Waals surface area contributed by atoms with Gasteiger partial charge in [-0.15, -0.1) is 11.3 Å². The lowest BCUT2D eigenvalue weighted by molar-refractivity contribution is 0.415. The van der Waals surface area contributed by atoms with Crippen LogP contribution in [0.2, 0.25) is 5.15 Å². The molecule has 0 saturated heterocycles. The van der Waals surface area contributed by atoms with Crippen LogP contribution in [0.1, 0.15) is 10.4 Å². The maximum Gasteiger partial charge on any atom is 0.171 e. The van der Waals surface area contributed by atoms with E-state index in [9.17, 15) is 0 Å². The average molecular weight is 305 g/mol. The number of ether oxygens (including phenoxy) is 1. The van der Waals surface area contributed by atoms with Crippen LogP contribution in [0.5, 0.6) is 5.75 Å². The first-order valence-corrected chi connectivity index (χ1v) is 7.36. The number of methoxy groups -OCH3 is 1. The summed E-state index contributed by atoms with van der Waals surface area (Å²) in [6.07, 6.45) is 0. The summed E-state index contributed by atoms with van der Waals surface area (Å²) in [4.78, 5) is 11.3. The Morgan fingerprint density at radius 3 is 2.60 bits per heavy atom. The maximum atomic E-state index is 6.27. The number of halogens is 1. The molecular formula is C15H13ClN2OS. The molecule has 1 aromatic carbocycles. The number of rotatable bonds is 2. The molecule has 0 fully saturated rings. The number of benzene rings is 1. The smallest absolute Gasteiger partial charge is 0.171 e. The van der Waals surface area contributed by atoms with Crippen LogP contribution in [0.4, 0.5) is 0 Å². The average Bonchev–Trinajstić information content (AvgIpc) is 2.78. The normalized spacial score (nSPS) is 11.0. The van der Waals surface area contributed by atoms with Gasteiger partial charge in [0.05, 0.1) is 17.5 Å². The molecule has 0 spiro atoms. The van der Waals surface area contributed by atoms with Crippen molar-refractivity contribution in [3.8, 4) is 16.5 Å². The van der Waals surface area contributed by atoms with Gasteiger partial charge in [0.2, 0.25) is 0 Å².